The summed E-state index contributed by atoms with van der Waals surface area (Å²) in [7, 11) is -4.09. The van der Waals surface area contributed by atoms with Crippen LogP contribution < -0.4 is 4.72 Å². The Balaban J connectivity index is 1.62. The van der Waals surface area contributed by atoms with Crippen molar-refractivity contribution in [2.45, 2.75) is 4.90 Å². The number of rotatable bonds is 5. The Morgan fingerprint density at radius 1 is 1.03 bits per heavy atom. The van der Waals surface area contributed by atoms with Gasteiger partial charge in [-0.2, -0.15) is 0 Å². The lowest BCUT2D eigenvalue weighted by molar-refractivity contribution is 0.0691. The molecular formula is C20H14FN3O4S. The summed E-state index contributed by atoms with van der Waals surface area (Å²) >= 11 is 0. The van der Waals surface area contributed by atoms with Gasteiger partial charge in [-0.1, -0.05) is 12.1 Å². The molecule has 0 spiro atoms. The number of fused-ring (bicyclic) bond motifs is 1. The van der Waals surface area contributed by atoms with E-state index in [9.17, 15) is 17.6 Å². The monoisotopic (exact) mass is 411 g/mol. The smallest absolute Gasteiger partial charge is 0.338 e. The molecule has 2 N–H and O–H groups in total. The van der Waals surface area contributed by atoms with Gasteiger partial charge in [-0.15, -0.1) is 0 Å². The van der Waals surface area contributed by atoms with E-state index in [-0.39, 0.29) is 10.6 Å². The number of carboxylic acids is 1. The standard InChI is InChI=1S/C20H14FN3O4S/c21-17-10-9-15(11-16(17)20(25)26)29(27,28)23-13-5-7-14(8-6-13)24-12-22-18-3-1-2-4-19(18)24/h1-12,23H,(H,25,26). The highest BCUT2D eigenvalue weighted by Gasteiger charge is 2.19. The van der Waals surface area contributed by atoms with Gasteiger partial charge in [0.2, 0.25) is 0 Å². The minimum absolute atomic E-state index is 0.277. The number of imidazole rings is 1. The van der Waals surface area contributed by atoms with Crippen LogP contribution in [0.5, 0.6) is 0 Å². The molecule has 7 nitrogen and oxygen atoms in total. The Labute approximate surface area is 165 Å². The number of sulfonamides is 1. The van der Waals surface area contributed by atoms with E-state index in [4.69, 9.17) is 5.11 Å². The van der Waals surface area contributed by atoms with Gasteiger partial charge in [0.05, 0.1) is 21.5 Å². The van der Waals surface area contributed by atoms with E-state index in [1.54, 1.807) is 30.6 Å². The summed E-state index contributed by atoms with van der Waals surface area (Å²) in [6.45, 7) is 0. The molecule has 0 radical (unpaired) electrons. The van der Waals surface area contributed by atoms with Crippen molar-refractivity contribution in [2.75, 3.05) is 4.72 Å². The van der Waals surface area contributed by atoms with E-state index >= 15 is 0 Å². The zero-order valence-electron chi connectivity index (χ0n) is 14.8. The van der Waals surface area contributed by atoms with Crippen LogP contribution in [-0.4, -0.2) is 29.0 Å². The third kappa shape index (κ3) is 3.55. The average molecular weight is 411 g/mol. The van der Waals surface area contributed by atoms with Gasteiger partial charge in [-0.3, -0.25) is 9.29 Å². The first-order valence-electron chi connectivity index (χ1n) is 8.43. The van der Waals surface area contributed by atoms with Crippen molar-refractivity contribution in [3.63, 3.8) is 0 Å². The Kier molecular flexibility index (Phi) is 4.51. The molecular weight excluding hydrogens is 397 g/mol. The molecule has 29 heavy (non-hydrogen) atoms. The van der Waals surface area contributed by atoms with Crippen LogP contribution >= 0.6 is 0 Å². The average Bonchev–Trinajstić information content (AvgIpc) is 3.12. The number of nitrogens with one attached hydrogen (secondary N) is 1. The van der Waals surface area contributed by atoms with Gasteiger partial charge < -0.3 is 5.11 Å². The lowest BCUT2D eigenvalue weighted by Gasteiger charge is -2.10. The van der Waals surface area contributed by atoms with Crippen LogP contribution in [0.1, 0.15) is 10.4 Å². The van der Waals surface area contributed by atoms with Gasteiger partial charge in [0, 0.05) is 11.4 Å². The molecule has 0 bridgehead atoms. The Bertz CT molecular complexity index is 1330. The number of anilines is 1. The number of benzene rings is 3. The number of carbonyl (C=O) groups is 1. The first-order chi connectivity index (χ1) is 13.8. The molecule has 0 unspecified atom stereocenters. The fourth-order valence-electron chi connectivity index (χ4n) is 2.90. The molecule has 0 fully saturated rings. The van der Waals surface area contributed by atoms with Gasteiger partial charge in [-0.05, 0) is 54.6 Å². The summed E-state index contributed by atoms with van der Waals surface area (Å²) < 4.78 is 42.8. The van der Waals surface area contributed by atoms with Gasteiger partial charge in [-0.25, -0.2) is 22.6 Å². The first kappa shape index (κ1) is 18.6. The molecule has 4 rings (SSSR count). The third-order valence-electron chi connectivity index (χ3n) is 4.33. The van der Waals surface area contributed by atoms with Crippen LogP contribution in [0.15, 0.2) is 78.0 Å². The van der Waals surface area contributed by atoms with Gasteiger partial charge in [0.15, 0.2) is 0 Å². The summed E-state index contributed by atoms with van der Waals surface area (Å²) in [5.74, 6) is -2.55. The van der Waals surface area contributed by atoms with E-state index < -0.39 is 27.4 Å². The molecule has 0 saturated carbocycles. The van der Waals surface area contributed by atoms with Crippen molar-refractivity contribution >= 4 is 32.7 Å². The van der Waals surface area contributed by atoms with Crippen LogP contribution in [0.3, 0.4) is 0 Å². The van der Waals surface area contributed by atoms with Crippen LogP contribution in [0, 0.1) is 5.82 Å². The van der Waals surface area contributed by atoms with Gasteiger partial charge in [0.25, 0.3) is 10.0 Å². The second-order valence-corrected chi connectivity index (χ2v) is 7.88. The normalized spacial score (nSPS) is 11.5. The summed E-state index contributed by atoms with van der Waals surface area (Å²) in [5.41, 5.74) is 2.10. The molecule has 1 heterocycles. The SMILES string of the molecule is O=C(O)c1cc(S(=O)(=O)Nc2ccc(-n3cnc4ccccc43)cc2)ccc1F. The highest BCUT2D eigenvalue weighted by Crippen LogP contribution is 2.22. The third-order valence-corrected chi connectivity index (χ3v) is 5.71. The van der Waals surface area contributed by atoms with Crippen molar-refractivity contribution < 1.29 is 22.7 Å². The lowest BCUT2D eigenvalue weighted by atomic mass is 10.2. The number of para-hydroxylation sites is 2. The predicted octanol–water partition coefficient (Wildman–Crippen LogP) is 3.66. The number of nitrogens with zero attached hydrogens (tertiary/aromatic N) is 2. The van der Waals surface area contributed by atoms with Gasteiger partial charge >= 0.3 is 5.97 Å². The van der Waals surface area contributed by atoms with Crippen LogP contribution in [0.4, 0.5) is 10.1 Å². The Hall–Kier alpha value is -3.72. The summed E-state index contributed by atoms with van der Waals surface area (Å²) in [5, 5.41) is 8.98. The Morgan fingerprint density at radius 3 is 2.48 bits per heavy atom. The summed E-state index contributed by atoms with van der Waals surface area (Å²) in [6, 6.07) is 16.8. The second kappa shape index (κ2) is 7.02. The van der Waals surface area contributed by atoms with Crippen molar-refractivity contribution in [2.24, 2.45) is 0 Å². The molecule has 0 saturated heterocycles. The van der Waals surface area contributed by atoms with E-state index in [1.807, 2.05) is 28.8 Å². The minimum Gasteiger partial charge on any atom is -0.478 e. The maximum atomic E-state index is 13.5. The number of carboxylic acid groups (broad SMARTS) is 1. The Morgan fingerprint density at radius 2 is 1.76 bits per heavy atom. The zero-order valence-corrected chi connectivity index (χ0v) is 15.6. The second-order valence-electron chi connectivity index (χ2n) is 6.20. The van der Waals surface area contributed by atoms with E-state index in [1.165, 1.54) is 0 Å². The first-order valence-corrected chi connectivity index (χ1v) is 9.92. The molecule has 4 aromatic rings. The molecule has 0 aliphatic rings. The molecule has 0 atom stereocenters. The number of halogens is 1. The number of aromatic carboxylic acids is 1. The van der Waals surface area contributed by atoms with E-state index in [0.29, 0.717) is 0 Å². The van der Waals surface area contributed by atoms with Crippen molar-refractivity contribution in [3.8, 4) is 5.69 Å². The molecule has 0 aliphatic carbocycles. The maximum absolute atomic E-state index is 13.5. The lowest BCUT2D eigenvalue weighted by Crippen LogP contribution is -2.14. The number of hydrogen-bond donors (Lipinski definition) is 2. The maximum Gasteiger partial charge on any atom is 0.338 e. The highest BCUT2D eigenvalue weighted by molar-refractivity contribution is 7.92. The van der Waals surface area contributed by atoms with Crippen molar-refractivity contribution in [1.29, 1.82) is 0 Å². The largest absolute Gasteiger partial charge is 0.478 e. The summed E-state index contributed by atoms with van der Waals surface area (Å²) in [4.78, 5) is 15.0. The molecule has 9 heteroatoms. The molecule has 0 amide bonds. The zero-order chi connectivity index (χ0) is 20.6. The fraction of sp³-hybridized carbons (Fsp3) is 0. The fourth-order valence-corrected chi connectivity index (χ4v) is 3.99. The highest BCUT2D eigenvalue weighted by atomic mass is 32.2. The quantitative estimate of drug-likeness (QED) is 0.522. The molecule has 0 aliphatic heterocycles. The minimum atomic E-state index is -4.09. The van der Waals surface area contributed by atoms with Gasteiger partial charge in [0.1, 0.15) is 12.1 Å². The summed E-state index contributed by atoms with van der Waals surface area (Å²) in [6.07, 6.45) is 1.68. The topological polar surface area (TPSA) is 101 Å². The van der Waals surface area contributed by atoms with Crippen molar-refractivity contribution in [1.82, 2.24) is 9.55 Å². The van der Waals surface area contributed by atoms with Crippen LogP contribution in [-0.2, 0) is 10.0 Å². The number of hydrogen-bond acceptors (Lipinski definition) is 4. The van der Waals surface area contributed by atoms with E-state index in [2.05, 4.69) is 9.71 Å². The van der Waals surface area contributed by atoms with Crippen molar-refractivity contribution in [3.05, 3.63) is 84.4 Å². The van der Waals surface area contributed by atoms with E-state index in [0.717, 1.165) is 34.9 Å². The molecule has 146 valence electrons. The number of aromatic nitrogens is 2. The van der Waals surface area contributed by atoms with Crippen LogP contribution in [0.25, 0.3) is 16.7 Å². The van der Waals surface area contributed by atoms with Crippen LogP contribution in [0.2, 0.25) is 0 Å². The predicted molar refractivity (Wildman–Crippen MR) is 105 cm³/mol. The molecule has 1 aromatic heterocycles. The molecule has 3 aromatic carbocycles.